The van der Waals surface area contributed by atoms with Gasteiger partial charge in [-0.15, -0.1) is 0 Å². The third-order valence-electron chi connectivity index (χ3n) is 5.86. The van der Waals surface area contributed by atoms with Gasteiger partial charge in [0.1, 0.15) is 10.1 Å². The van der Waals surface area contributed by atoms with Crippen molar-refractivity contribution in [1.82, 2.24) is 9.88 Å². The smallest absolute Gasteiger partial charge is 0.335 e. The highest BCUT2D eigenvalue weighted by atomic mass is 32.2. The summed E-state index contributed by atoms with van der Waals surface area (Å²) in [5.74, 6) is -1.44. The number of carbonyl (C=O) groups excluding carboxylic acids is 1. The van der Waals surface area contributed by atoms with Crippen molar-refractivity contribution >= 4 is 57.2 Å². The van der Waals surface area contributed by atoms with Crippen LogP contribution in [-0.4, -0.2) is 37.7 Å². The van der Waals surface area contributed by atoms with E-state index in [1.54, 1.807) is 53.6 Å². The van der Waals surface area contributed by atoms with Crippen LogP contribution in [0.25, 0.3) is 28.1 Å². The van der Waals surface area contributed by atoms with Crippen LogP contribution in [0.3, 0.4) is 0 Å². The molecule has 1 fully saturated rings. The zero-order valence-corrected chi connectivity index (χ0v) is 20.0. The summed E-state index contributed by atoms with van der Waals surface area (Å²) < 4.78 is 15.5. The number of fused-ring (bicyclic) bond motifs is 1. The zero-order valence-electron chi connectivity index (χ0n) is 18.3. The predicted molar refractivity (Wildman–Crippen MR) is 141 cm³/mol. The zero-order chi connectivity index (χ0) is 24.5. The number of aromatic amines is 1. The molecule has 1 saturated heterocycles. The number of H-pyrrole nitrogens is 1. The summed E-state index contributed by atoms with van der Waals surface area (Å²) in [4.78, 5) is 29.1. The molecule has 1 aromatic heterocycles. The number of thioether (sulfide) groups is 1. The van der Waals surface area contributed by atoms with E-state index < -0.39 is 5.97 Å². The molecule has 0 spiro atoms. The highest BCUT2D eigenvalue weighted by Crippen LogP contribution is 2.34. The fourth-order valence-electron chi connectivity index (χ4n) is 4.01. The van der Waals surface area contributed by atoms with Crippen molar-refractivity contribution in [3.8, 4) is 11.1 Å². The van der Waals surface area contributed by atoms with Gasteiger partial charge in [0.05, 0.1) is 10.5 Å². The minimum Gasteiger partial charge on any atom is -0.478 e. The largest absolute Gasteiger partial charge is 0.478 e. The number of aromatic carboxylic acids is 1. The van der Waals surface area contributed by atoms with Gasteiger partial charge in [-0.05, 0) is 65.6 Å². The van der Waals surface area contributed by atoms with Crippen LogP contribution in [0.4, 0.5) is 4.39 Å². The molecule has 2 heterocycles. The first-order chi connectivity index (χ1) is 16.9. The maximum absolute atomic E-state index is 15.0. The number of thiocarbonyl (C=S) groups is 1. The molecule has 0 aliphatic carbocycles. The van der Waals surface area contributed by atoms with E-state index in [2.05, 4.69) is 4.98 Å². The molecule has 0 saturated carbocycles. The first-order valence-electron chi connectivity index (χ1n) is 10.8. The van der Waals surface area contributed by atoms with Gasteiger partial charge in [-0.2, -0.15) is 0 Å². The molecule has 35 heavy (non-hydrogen) atoms. The van der Waals surface area contributed by atoms with Crippen molar-refractivity contribution in [3.63, 3.8) is 0 Å². The Morgan fingerprint density at radius 2 is 1.91 bits per heavy atom. The number of amides is 1. The van der Waals surface area contributed by atoms with Crippen molar-refractivity contribution in [2.45, 2.75) is 6.42 Å². The molecule has 0 unspecified atom stereocenters. The minimum absolute atomic E-state index is 0.174. The molecule has 8 heteroatoms. The molecule has 1 amide bonds. The normalized spacial score (nSPS) is 14.9. The van der Waals surface area contributed by atoms with Crippen molar-refractivity contribution < 1.29 is 19.1 Å². The van der Waals surface area contributed by atoms with Crippen molar-refractivity contribution in [1.29, 1.82) is 0 Å². The summed E-state index contributed by atoms with van der Waals surface area (Å²) in [5, 5.41) is 9.56. The lowest BCUT2D eigenvalue weighted by atomic mass is 10.0. The molecule has 0 radical (unpaired) electrons. The lowest BCUT2D eigenvalue weighted by molar-refractivity contribution is -0.122. The molecule has 5 rings (SSSR count). The van der Waals surface area contributed by atoms with Gasteiger partial charge in [-0.25, -0.2) is 9.18 Å². The van der Waals surface area contributed by atoms with Crippen LogP contribution in [-0.2, 0) is 11.2 Å². The van der Waals surface area contributed by atoms with Crippen molar-refractivity contribution in [2.75, 3.05) is 6.54 Å². The summed E-state index contributed by atoms with van der Waals surface area (Å²) >= 11 is 6.67. The van der Waals surface area contributed by atoms with Crippen LogP contribution in [0.5, 0.6) is 0 Å². The van der Waals surface area contributed by atoms with Gasteiger partial charge in [-0.3, -0.25) is 9.69 Å². The van der Waals surface area contributed by atoms with Gasteiger partial charge < -0.3 is 10.1 Å². The summed E-state index contributed by atoms with van der Waals surface area (Å²) in [5.41, 5.74) is 3.87. The van der Waals surface area contributed by atoms with Gasteiger partial charge in [0.25, 0.3) is 5.91 Å². The predicted octanol–water partition coefficient (Wildman–Crippen LogP) is 6.12. The lowest BCUT2D eigenvalue weighted by Crippen LogP contribution is -2.30. The maximum Gasteiger partial charge on any atom is 0.335 e. The van der Waals surface area contributed by atoms with E-state index >= 15 is 4.39 Å². The van der Waals surface area contributed by atoms with E-state index in [1.807, 2.05) is 30.3 Å². The molecule has 1 aliphatic rings. The van der Waals surface area contributed by atoms with Gasteiger partial charge in [0, 0.05) is 29.2 Å². The SMILES string of the molecule is O=C(O)c1ccc(CCN2C(=O)C(=Cc3cccc(-c4ccc5[nH]ccc5c4F)c3)SC2=S)cc1. The van der Waals surface area contributed by atoms with Gasteiger partial charge in [0.2, 0.25) is 0 Å². The summed E-state index contributed by atoms with van der Waals surface area (Å²) in [6.45, 7) is 0.399. The number of aromatic nitrogens is 1. The van der Waals surface area contributed by atoms with Crippen LogP contribution in [0.1, 0.15) is 21.5 Å². The van der Waals surface area contributed by atoms with E-state index in [0.29, 0.717) is 33.1 Å². The van der Waals surface area contributed by atoms with Crippen LogP contribution in [0.2, 0.25) is 0 Å². The standard InChI is InChI=1S/C27H19FN2O3S2/c28-24-20(8-9-22-21(24)10-12-29-22)19-3-1-2-17(14-19)15-23-25(31)30(27(34)35-23)13-11-16-4-6-18(7-5-16)26(32)33/h1-10,12,14-15,29H,11,13H2,(H,32,33). The number of nitrogens with zero attached hydrogens (tertiary/aromatic N) is 1. The van der Waals surface area contributed by atoms with Crippen LogP contribution in [0, 0.1) is 5.82 Å². The number of hydrogen-bond donors (Lipinski definition) is 2. The van der Waals surface area contributed by atoms with Crippen LogP contribution in [0.15, 0.2) is 77.8 Å². The summed E-state index contributed by atoms with van der Waals surface area (Å²) in [6, 6.07) is 19.3. The molecule has 174 valence electrons. The topological polar surface area (TPSA) is 73.4 Å². The number of carbonyl (C=O) groups is 2. The number of hydrogen-bond acceptors (Lipinski definition) is 4. The Bertz CT molecular complexity index is 1510. The number of benzene rings is 3. The molecular formula is C27H19FN2O3S2. The van der Waals surface area contributed by atoms with Crippen LogP contribution >= 0.6 is 24.0 Å². The fourth-order valence-corrected chi connectivity index (χ4v) is 5.32. The number of halogens is 1. The van der Waals surface area contributed by atoms with Crippen LogP contribution < -0.4 is 0 Å². The molecule has 5 nitrogen and oxygen atoms in total. The third-order valence-corrected chi connectivity index (χ3v) is 7.24. The second-order valence-electron chi connectivity index (χ2n) is 8.08. The summed E-state index contributed by atoms with van der Waals surface area (Å²) in [6.07, 6.45) is 4.04. The number of carboxylic acid groups (broad SMARTS) is 1. The number of nitrogens with one attached hydrogen (secondary N) is 1. The van der Waals surface area contributed by atoms with E-state index in [-0.39, 0.29) is 17.3 Å². The van der Waals surface area contributed by atoms with E-state index in [1.165, 1.54) is 11.8 Å². The first-order valence-corrected chi connectivity index (χ1v) is 12.1. The van der Waals surface area contributed by atoms with E-state index in [0.717, 1.165) is 22.2 Å². The molecule has 4 aromatic rings. The maximum atomic E-state index is 15.0. The van der Waals surface area contributed by atoms with Gasteiger partial charge in [0.15, 0.2) is 0 Å². The number of rotatable bonds is 6. The highest BCUT2D eigenvalue weighted by Gasteiger charge is 2.31. The third kappa shape index (κ3) is 4.62. The second-order valence-corrected chi connectivity index (χ2v) is 9.75. The molecule has 0 bridgehead atoms. The molecule has 0 atom stereocenters. The highest BCUT2D eigenvalue weighted by molar-refractivity contribution is 8.26. The number of carboxylic acids is 1. The van der Waals surface area contributed by atoms with Crippen molar-refractivity contribution in [3.05, 3.63) is 100 Å². The molecule has 2 N–H and O–H groups in total. The van der Waals surface area contributed by atoms with E-state index in [9.17, 15) is 9.59 Å². The second kappa shape index (κ2) is 9.48. The lowest BCUT2D eigenvalue weighted by Gasteiger charge is -2.14. The molecular weight excluding hydrogens is 483 g/mol. The quantitative estimate of drug-likeness (QED) is 0.246. The van der Waals surface area contributed by atoms with Crippen molar-refractivity contribution in [2.24, 2.45) is 0 Å². The molecule has 1 aliphatic heterocycles. The summed E-state index contributed by atoms with van der Waals surface area (Å²) in [7, 11) is 0. The Morgan fingerprint density at radius 1 is 1.11 bits per heavy atom. The Kier molecular flexibility index (Phi) is 6.23. The molecule has 3 aromatic carbocycles. The Labute approximate surface area is 210 Å². The first kappa shape index (κ1) is 23.0. The average Bonchev–Trinajstić information content (AvgIpc) is 3.43. The average molecular weight is 503 g/mol. The fraction of sp³-hybridized carbons (Fsp3) is 0.0741. The van der Waals surface area contributed by atoms with Gasteiger partial charge >= 0.3 is 5.97 Å². The Balaban J connectivity index is 1.33. The minimum atomic E-state index is -0.976. The Hall–Kier alpha value is -3.75. The monoisotopic (exact) mass is 502 g/mol. The van der Waals surface area contributed by atoms with E-state index in [4.69, 9.17) is 17.3 Å². The Morgan fingerprint density at radius 3 is 2.69 bits per heavy atom. The van der Waals surface area contributed by atoms with Gasteiger partial charge in [-0.1, -0.05) is 54.3 Å².